The van der Waals surface area contributed by atoms with Gasteiger partial charge in [0.25, 0.3) is 0 Å². The molecule has 26 heavy (non-hydrogen) atoms. The molecule has 1 aromatic heterocycles. The molecule has 0 radical (unpaired) electrons. The summed E-state index contributed by atoms with van der Waals surface area (Å²) >= 11 is 0. The third-order valence-electron chi connectivity index (χ3n) is 5.02. The van der Waals surface area contributed by atoms with E-state index < -0.39 is 0 Å². The second-order valence-electron chi connectivity index (χ2n) is 6.70. The third-order valence-corrected chi connectivity index (χ3v) is 5.02. The third kappa shape index (κ3) is 2.86. The molecule has 0 aliphatic heterocycles. The predicted molar refractivity (Wildman–Crippen MR) is 109 cm³/mol. The van der Waals surface area contributed by atoms with Gasteiger partial charge in [0.2, 0.25) is 5.91 Å². The number of carbonyl (C=O) groups excluding carboxylic acids is 1. The van der Waals surface area contributed by atoms with E-state index in [9.17, 15) is 4.79 Å². The molecule has 0 unspecified atom stereocenters. The summed E-state index contributed by atoms with van der Waals surface area (Å²) in [4.78, 5) is 14.3. The number of para-hydroxylation sites is 1. The van der Waals surface area contributed by atoms with Crippen molar-refractivity contribution in [3.8, 4) is 0 Å². The number of anilines is 1. The van der Waals surface area contributed by atoms with Crippen molar-refractivity contribution in [1.82, 2.24) is 4.57 Å². The van der Waals surface area contributed by atoms with E-state index in [1.807, 2.05) is 29.2 Å². The van der Waals surface area contributed by atoms with Gasteiger partial charge in [-0.05, 0) is 29.5 Å². The highest BCUT2D eigenvalue weighted by molar-refractivity contribution is 6.03. The summed E-state index contributed by atoms with van der Waals surface area (Å²) in [6.45, 7) is 2.31. The Kier molecular flexibility index (Phi) is 4.21. The first kappa shape index (κ1) is 16.4. The maximum Gasteiger partial charge on any atom is 0.223 e. The number of aryl methyl sites for hydroxylation is 1. The Morgan fingerprint density at radius 1 is 0.923 bits per heavy atom. The second kappa shape index (κ2) is 6.68. The first-order valence-electron chi connectivity index (χ1n) is 8.94. The normalized spacial score (nSPS) is 11.2. The minimum Gasteiger partial charge on any atom is -0.350 e. The van der Waals surface area contributed by atoms with Gasteiger partial charge in [0, 0.05) is 43.0 Å². The van der Waals surface area contributed by atoms with Gasteiger partial charge in [-0.2, -0.15) is 0 Å². The van der Waals surface area contributed by atoms with E-state index >= 15 is 0 Å². The quantitative estimate of drug-likeness (QED) is 0.516. The Morgan fingerprint density at radius 3 is 2.42 bits per heavy atom. The van der Waals surface area contributed by atoms with Crippen LogP contribution in [-0.2, 0) is 18.3 Å². The second-order valence-corrected chi connectivity index (χ2v) is 6.70. The standard InChI is InChI=1S/C23H22N2O/c1-17(26)25(23-13-7-9-18-8-3-4-10-20(18)23)15-14-19-16-24(2)22-12-6-5-11-21(19)22/h3-13,16H,14-15H2,1-2H3. The molecule has 0 bridgehead atoms. The lowest BCUT2D eigenvalue weighted by Crippen LogP contribution is -2.30. The van der Waals surface area contributed by atoms with Crippen molar-refractivity contribution in [3.05, 3.63) is 78.5 Å². The van der Waals surface area contributed by atoms with Crippen LogP contribution in [0.2, 0.25) is 0 Å². The molecule has 0 N–H and O–H groups in total. The number of fused-ring (bicyclic) bond motifs is 2. The number of hydrogen-bond donors (Lipinski definition) is 0. The Hall–Kier alpha value is -3.07. The van der Waals surface area contributed by atoms with Crippen LogP contribution >= 0.6 is 0 Å². The molecule has 4 aromatic rings. The minimum atomic E-state index is 0.0709. The molecule has 0 aliphatic rings. The van der Waals surface area contributed by atoms with Crippen LogP contribution in [0.5, 0.6) is 0 Å². The Morgan fingerprint density at radius 2 is 1.62 bits per heavy atom. The first-order chi connectivity index (χ1) is 12.6. The highest BCUT2D eigenvalue weighted by Crippen LogP contribution is 2.28. The molecule has 3 aromatic carbocycles. The van der Waals surface area contributed by atoms with Gasteiger partial charge in [0.05, 0.1) is 5.69 Å². The maximum absolute atomic E-state index is 12.4. The molecule has 0 saturated heterocycles. The van der Waals surface area contributed by atoms with Crippen LogP contribution in [0.25, 0.3) is 21.7 Å². The van der Waals surface area contributed by atoms with Crippen molar-refractivity contribution in [2.24, 2.45) is 7.05 Å². The SMILES string of the molecule is CC(=O)N(CCc1cn(C)c2ccccc12)c1cccc2ccccc12. The van der Waals surface area contributed by atoms with Crippen molar-refractivity contribution in [2.75, 3.05) is 11.4 Å². The van der Waals surface area contributed by atoms with E-state index in [1.54, 1.807) is 6.92 Å². The average molecular weight is 342 g/mol. The highest BCUT2D eigenvalue weighted by Gasteiger charge is 2.15. The van der Waals surface area contributed by atoms with Crippen LogP contribution in [0.3, 0.4) is 0 Å². The van der Waals surface area contributed by atoms with E-state index in [2.05, 4.69) is 60.3 Å². The summed E-state index contributed by atoms with van der Waals surface area (Å²) in [5.41, 5.74) is 3.48. The molecule has 3 nitrogen and oxygen atoms in total. The Bertz CT molecular complexity index is 1090. The summed E-state index contributed by atoms with van der Waals surface area (Å²) in [7, 11) is 2.07. The van der Waals surface area contributed by atoms with Gasteiger partial charge in [0.1, 0.15) is 0 Å². The summed E-state index contributed by atoms with van der Waals surface area (Å²) in [6, 6.07) is 22.8. The predicted octanol–water partition coefficient (Wildman–Crippen LogP) is 4.93. The van der Waals surface area contributed by atoms with Crippen LogP contribution in [-0.4, -0.2) is 17.0 Å². The lowest BCUT2D eigenvalue weighted by Gasteiger charge is -2.23. The number of amides is 1. The summed E-state index contributed by atoms with van der Waals surface area (Å²) < 4.78 is 2.15. The van der Waals surface area contributed by atoms with Gasteiger partial charge in [-0.3, -0.25) is 4.79 Å². The molecule has 0 fully saturated rings. The van der Waals surface area contributed by atoms with E-state index in [4.69, 9.17) is 0 Å². The van der Waals surface area contributed by atoms with Gasteiger partial charge in [0.15, 0.2) is 0 Å². The average Bonchev–Trinajstić information content (AvgIpc) is 2.98. The van der Waals surface area contributed by atoms with Crippen molar-refractivity contribution in [2.45, 2.75) is 13.3 Å². The van der Waals surface area contributed by atoms with Crippen molar-refractivity contribution >= 4 is 33.3 Å². The topological polar surface area (TPSA) is 25.2 Å². The lowest BCUT2D eigenvalue weighted by molar-refractivity contribution is -0.116. The smallest absolute Gasteiger partial charge is 0.223 e. The van der Waals surface area contributed by atoms with Gasteiger partial charge in [-0.1, -0.05) is 54.6 Å². The van der Waals surface area contributed by atoms with Crippen LogP contribution in [0.4, 0.5) is 5.69 Å². The molecule has 4 rings (SSSR count). The molecule has 0 spiro atoms. The zero-order chi connectivity index (χ0) is 18.1. The Balaban J connectivity index is 1.68. The zero-order valence-electron chi connectivity index (χ0n) is 15.1. The van der Waals surface area contributed by atoms with Crippen molar-refractivity contribution in [1.29, 1.82) is 0 Å². The van der Waals surface area contributed by atoms with E-state index in [0.717, 1.165) is 22.9 Å². The van der Waals surface area contributed by atoms with Crippen LogP contribution in [0.1, 0.15) is 12.5 Å². The number of aromatic nitrogens is 1. The largest absolute Gasteiger partial charge is 0.350 e. The maximum atomic E-state index is 12.4. The molecular weight excluding hydrogens is 320 g/mol. The minimum absolute atomic E-state index is 0.0709. The molecule has 0 saturated carbocycles. The Labute approximate surface area is 153 Å². The summed E-state index contributed by atoms with van der Waals surface area (Å²) in [5.74, 6) is 0.0709. The monoisotopic (exact) mass is 342 g/mol. The number of rotatable bonds is 4. The van der Waals surface area contributed by atoms with Crippen LogP contribution in [0.15, 0.2) is 72.9 Å². The van der Waals surface area contributed by atoms with Gasteiger partial charge >= 0.3 is 0 Å². The van der Waals surface area contributed by atoms with Crippen molar-refractivity contribution < 1.29 is 4.79 Å². The van der Waals surface area contributed by atoms with Crippen molar-refractivity contribution in [3.63, 3.8) is 0 Å². The number of nitrogens with zero attached hydrogens (tertiary/aromatic N) is 2. The van der Waals surface area contributed by atoms with E-state index in [1.165, 1.54) is 16.5 Å². The van der Waals surface area contributed by atoms with E-state index in [-0.39, 0.29) is 5.91 Å². The molecule has 130 valence electrons. The molecule has 0 aliphatic carbocycles. The number of benzene rings is 3. The highest BCUT2D eigenvalue weighted by atomic mass is 16.2. The fraction of sp³-hybridized carbons (Fsp3) is 0.174. The molecule has 1 amide bonds. The zero-order valence-corrected chi connectivity index (χ0v) is 15.1. The number of hydrogen-bond acceptors (Lipinski definition) is 1. The summed E-state index contributed by atoms with van der Waals surface area (Å²) in [6.07, 6.45) is 3.00. The van der Waals surface area contributed by atoms with Crippen LogP contribution in [0, 0.1) is 0 Å². The van der Waals surface area contributed by atoms with Gasteiger partial charge in [-0.25, -0.2) is 0 Å². The fourth-order valence-corrected chi connectivity index (χ4v) is 3.75. The fourth-order valence-electron chi connectivity index (χ4n) is 3.75. The number of carbonyl (C=O) groups is 1. The molecule has 0 atom stereocenters. The summed E-state index contributed by atoms with van der Waals surface area (Å²) in [5, 5.41) is 3.53. The molecular formula is C23H22N2O. The van der Waals surface area contributed by atoms with Gasteiger partial charge < -0.3 is 9.47 Å². The molecule has 1 heterocycles. The van der Waals surface area contributed by atoms with Crippen LogP contribution < -0.4 is 4.90 Å². The van der Waals surface area contributed by atoms with E-state index in [0.29, 0.717) is 6.54 Å². The van der Waals surface area contributed by atoms with Gasteiger partial charge in [-0.15, -0.1) is 0 Å². The first-order valence-corrected chi connectivity index (χ1v) is 8.94. The molecule has 3 heteroatoms. The lowest BCUT2D eigenvalue weighted by atomic mass is 10.1.